The third kappa shape index (κ3) is 4.07. The standard InChI is InChI=1S/C20H28N2O3S/c1-14(2)12-17(19(24)21-8-10-25-11-9-21)22-18(23)13-26-20(22)16-7-5-4-6-15(16)3/h4-7,14,17,20H,8-13H2,1-3H3/t17-,20+/m0/s1. The number of morpholine rings is 1. The van der Waals surface area contributed by atoms with Crippen LogP contribution >= 0.6 is 11.8 Å². The highest BCUT2D eigenvalue weighted by molar-refractivity contribution is 8.00. The van der Waals surface area contributed by atoms with E-state index in [0.717, 1.165) is 11.1 Å². The summed E-state index contributed by atoms with van der Waals surface area (Å²) >= 11 is 1.63. The lowest BCUT2D eigenvalue weighted by Crippen LogP contribution is -2.53. The van der Waals surface area contributed by atoms with Gasteiger partial charge in [0.2, 0.25) is 11.8 Å². The van der Waals surface area contributed by atoms with Crippen molar-refractivity contribution < 1.29 is 14.3 Å². The number of amides is 2. The number of carbonyl (C=O) groups excluding carboxylic acids is 2. The fourth-order valence-electron chi connectivity index (χ4n) is 3.65. The average molecular weight is 377 g/mol. The quantitative estimate of drug-likeness (QED) is 0.793. The third-order valence-electron chi connectivity index (χ3n) is 5.00. The third-order valence-corrected chi connectivity index (χ3v) is 6.21. The molecule has 0 saturated carbocycles. The van der Waals surface area contributed by atoms with E-state index in [4.69, 9.17) is 4.74 Å². The first-order valence-electron chi connectivity index (χ1n) is 9.34. The second-order valence-corrected chi connectivity index (χ2v) is 8.47. The molecule has 2 amide bonds. The Labute approximate surface area is 160 Å². The van der Waals surface area contributed by atoms with Gasteiger partial charge in [-0.3, -0.25) is 9.59 Å². The van der Waals surface area contributed by atoms with Gasteiger partial charge in [-0.15, -0.1) is 11.8 Å². The van der Waals surface area contributed by atoms with Crippen LogP contribution in [0.25, 0.3) is 0 Å². The Kier molecular flexibility index (Phi) is 6.24. The predicted molar refractivity (Wildman–Crippen MR) is 104 cm³/mol. The lowest BCUT2D eigenvalue weighted by atomic mass is 9.99. The number of rotatable bonds is 5. The van der Waals surface area contributed by atoms with Crippen molar-refractivity contribution in [2.75, 3.05) is 32.1 Å². The summed E-state index contributed by atoms with van der Waals surface area (Å²) in [5.41, 5.74) is 2.29. The number of carbonyl (C=O) groups is 2. The number of ether oxygens (including phenoxy) is 1. The van der Waals surface area contributed by atoms with Gasteiger partial charge in [0.15, 0.2) is 0 Å². The van der Waals surface area contributed by atoms with Gasteiger partial charge in [0.25, 0.3) is 0 Å². The fraction of sp³-hybridized carbons (Fsp3) is 0.600. The monoisotopic (exact) mass is 376 g/mol. The van der Waals surface area contributed by atoms with Crippen molar-refractivity contribution in [1.82, 2.24) is 9.80 Å². The van der Waals surface area contributed by atoms with E-state index in [-0.39, 0.29) is 17.2 Å². The maximum absolute atomic E-state index is 13.3. The van der Waals surface area contributed by atoms with E-state index in [9.17, 15) is 9.59 Å². The van der Waals surface area contributed by atoms with Crippen LogP contribution < -0.4 is 0 Å². The van der Waals surface area contributed by atoms with Gasteiger partial charge < -0.3 is 14.5 Å². The zero-order chi connectivity index (χ0) is 18.7. The summed E-state index contributed by atoms with van der Waals surface area (Å²) in [5.74, 6) is 0.900. The number of hydrogen-bond acceptors (Lipinski definition) is 4. The summed E-state index contributed by atoms with van der Waals surface area (Å²) in [5, 5.41) is -0.0857. The van der Waals surface area contributed by atoms with Crippen molar-refractivity contribution in [3.8, 4) is 0 Å². The first-order chi connectivity index (χ1) is 12.5. The Bertz CT molecular complexity index is 658. The molecule has 0 aliphatic carbocycles. The molecule has 26 heavy (non-hydrogen) atoms. The van der Waals surface area contributed by atoms with Crippen molar-refractivity contribution in [2.24, 2.45) is 5.92 Å². The highest BCUT2D eigenvalue weighted by Gasteiger charge is 2.42. The first kappa shape index (κ1) is 19.2. The Morgan fingerprint density at radius 1 is 1.27 bits per heavy atom. The predicted octanol–water partition coefficient (Wildman–Crippen LogP) is 2.84. The molecule has 2 aliphatic heterocycles. The van der Waals surface area contributed by atoms with Crippen molar-refractivity contribution in [2.45, 2.75) is 38.6 Å². The van der Waals surface area contributed by atoms with Crippen LogP contribution in [-0.4, -0.2) is 59.7 Å². The zero-order valence-electron chi connectivity index (χ0n) is 15.8. The van der Waals surface area contributed by atoms with E-state index in [1.807, 2.05) is 21.9 Å². The van der Waals surface area contributed by atoms with E-state index in [0.29, 0.717) is 44.4 Å². The summed E-state index contributed by atoms with van der Waals surface area (Å²) in [6.07, 6.45) is 0.685. The maximum Gasteiger partial charge on any atom is 0.245 e. The highest BCUT2D eigenvalue weighted by Crippen LogP contribution is 2.42. The minimum Gasteiger partial charge on any atom is -0.378 e. The molecule has 6 heteroatoms. The van der Waals surface area contributed by atoms with Gasteiger partial charge in [0.05, 0.1) is 19.0 Å². The smallest absolute Gasteiger partial charge is 0.245 e. The highest BCUT2D eigenvalue weighted by atomic mass is 32.2. The number of benzene rings is 1. The Balaban J connectivity index is 1.91. The molecule has 0 spiro atoms. The number of thioether (sulfide) groups is 1. The van der Waals surface area contributed by atoms with Gasteiger partial charge in [0.1, 0.15) is 11.4 Å². The second kappa shape index (κ2) is 8.44. The SMILES string of the molecule is Cc1ccccc1[C@H]1SCC(=O)N1[C@@H](CC(C)C)C(=O)N1CCOCC1. The van der Waals surface area contributed by atoms with Crippen LogP contribution in [0.4, 0.5) is 0 Å². The van der Waals surface area contributed by atoms with Crippen LogP contribution in [0.5, 0.6) is 0 Å². The fourth-order valence-corrected chi connectivity index (χ4v) is 4.97. The Morgan fingerprint density at radius 3 is 2.62 bits per heavy atom. The molecule has 5 nitrogen and oxygen atoms in total. The maximum atomic E-state index is 13.3. The summed E-state index contributed by atoms with van der Waals surface area (Å²) in [4.78, 5) is 29.8. The first-order valence-corrected chi connectivity index (χ1v) is 10.4. The normalized spacial score (nSPS) is 22.2. The number of nitrogens with zero attached hydrogens (tertiary/aromatic N) is 2. The van der Waals surface area contributed by atoms with Crippen LogP contribution in [0.2, 0.25) is 0 Å². The Hall–Kier alpha value is -1.53. The molecule has 0 unspecified atom stereocenters. The van der Waals surface area contributed by atoms with E-state index in [1.54, 1.807) is 11.8 Å². The summed E-state index contributed by atoms with van der Waals surface area (Å²) < 4.78 is 5.38. The van der Waals surface area contributed by atoms with E-state index >= 15 is 0 Å². The average Bonchev–Trinajstić information content (AvgIpc) is 3.01. The summed E-state index contributed by atoms with van der Waals surface area (Å²) in [6, 6.07) is 7.75. The van der Waals surface area contributed by atoms with E-state index in [1.165, 1.54) is 0 Å². The Morgan fingerprint density at radius 2 is 1.96 bits per heavy atom. The lowest BCUT2D eigenvalue weighted by molar-refractivity contribution is -0.148. The minimum absolute atomic E-state index is 0.0653. The molecule has 0 bridgehead atoms. The van der Waals surface area contributed by atoms with Gasteiger partial charge >= 0.3 is 0 Å². The summed E-state index contributed by atoms with van der Waals surface area (Å²) in [6.45, 7) is 8.65. The van der Waals surface area contributed by atoms with Crippen LogP contribution in [0.15, 0.2) is 24.3 Å². The molecule has 2 aliphatic rings. The topological polar surface area (TPSA) is 49.9 Å². The van der Waals surface area contributed by atoms with E-state index < -0.39 is 6.04 Å². The molecule has 1 aromatic carbocycles. The molecular formula is C20H28N2O3S. The van der Waals surface area contributed by atoms with Crippen LogP contribution in [0.1, 0.15) is 36.8 Å². The van der Waals surface area contributed by atoms with Crippen LogP contribution in [0.3, 0.4) is 0 Å². The number of hydrogen-bond donors (Lipinski definition) is 0. The van der Waals surface area contributed by atoms with Gasteiger partial charge in [-0.25, -0.2) is 0 Å². The largest absolute Gasteiger partial charge is 0.378 e. The summed E-state index contributed by atoms with van der Waals surface area (Å²) in [7, 11) is 0. The van der Waals surface area contributed by atoms with Crippen molar-refractivity contribution in [3.05, 3.63) is 35.4 Å². The van der Waals surface area contributed by atoms with Crippen molar-refractivity contribution in [1.29, 1.82) is 0 Å². The molecule has 2 heterocycles. The van der Waals surface area contributed by atoms with Gasteiger partial charge in [0, 0.05) is 13.1 Å². The van der Waals surface area contributed by atoms with Crippen LogP contribution in [-0.2, 0) is 14.3 Å². The molecule has 0 N–H and O–H groups in total. The van der Waals surface area contributed by atoms with Gasteiger partial charge in [-0.05, 0) is 30.4 Å². The molecule has 2 atom stereocenters. The molecule has 142 valence electrons. The molecule has 0 radical (unpaired) electrons. The van der Waals surface area contributed by atoms with Crippen LogP contribution in [0, 0.1) is 12.8 Å². The zero-order valence-corrected chi connectivity index (χ0v) is 16.6. The molecule has 0 aromatic heterocycles. The molecule has 2 fully saturated rings. The molecule has 3 rings (SSSR count). The molecular weight excluding hydrogens is 348 g/mol. The molecule has 2 saturated heterocycles. The van der Waals surface area contributed by atoms with E-state index in [2.05, 4.69) is 32.9 Å². The van der Waals surface area contributed by atoms with Crippen molar-refractivity contribution >= 4 is 23.6 Å². The minimum atomic E-state index is -0.403. The lowest BCUT2D eigenvalue weighted by Gasteiger charge is -2.37. The molecule has 1 aromatic rings. The second-order valence-electron chi connectivity index (χ2n) is 7.40. The van der Waals surface area contributed by atoms with Crippen molar-refractivity contribution in [3.63, 3.8) is 0 Å². The van der Waals surface area contributed by atoms with Gasteiger partial charge in [-0.1, -0.05) is 38.1 Å². The van der Waals surface area contributed by atoms with Gasteiger partial charge in [-0.2, -0.15) is 0 Å². The number of aryl methyl sites for hydroxylation is 1.